The topological polar surface area (TPSA) is 83.0 Å². The highest BCUT2D eigenvalue weighted by molar-refractivity contribution is 14.0. The molecule has 0 atom stereocenters. The molecule has 26 heavy (non-hydrogen) atoms. The number of nitrogens with one attached hydrogen (secondary N) is 2. The quantitative estimate of drug-likeness (QED) is 0.230. The van der Waals surface area contributed by atoms with E-state index in [1.165, 1.54) is 35.6 Å². The predicted molar refractivity (Wildman–Crippen MR) is 117 cm³/mol. The Morgan fingerprint density at radius 3 is 2.69 bits per heavy atom. The van der Waals surface area contributed by atoms with Crippen LogP contribution >= 0.6 is 24.0 Å². The molecule has 0 aromatic rings. The molecule has 1 saturated heterocycles. The Morgan fingerprint density at radius 1 is 1.27 bits per heavy atom. The molecule has 0 aromatic carbocycles. The average Bonchev–Trinajstić information content (AvgIpc) is 2.63. The third kappa shape index (κ3) is 8.53. The van der Waals surface area contributed by atoms with Crippen LogP contribution in [0.4, 0.5) is 0 Å². The van der Waals surface area contributed by atoms with Gasteiger partial charge in [0.05, 0.1) is 25.5 Å². The zero-order valence-electron chi connectivity index (χ0n) is 15.7. The van der Waals surface area contributed by atoms with Crippen LogP contribution in [0.3, 0.4) is 0 Å². The average molecular weight is 500 g/mol. The van der Waals surface area contributed by atoms with Crippen LogP contribution < -0.4 is 10.6 Å². The second kappa shape index (κ2) is 12.9. The first-order chi connectivity index (χ1) is 12.1. The Hall–Kier alpha value is -0.390. The van der Waals surface area contributed by atoms with Gasteiger partial charge in [0.2, 0.25) is 10.0 Å². The van der Waals surface area contributed by atoms with Crippen LogP contribution in [0.1, 0.15) is 39.0 Å². The Morgan fingerprint density at radius 2 is 2.04 bits per heavy atom. The Labute approximate surface area is 175 Å². The van der Waals surface area contributed by atoms with Gasteiger partial charge in [-0.25, -0.2) is 8.42 Å². The van der Waals surface area contributed by atoms with E-state index in [1.54, 1.807) is 0 Å². The van der Waals surface area contributed by atoms with E-state index >= 15 is 0 Å². The molecule has 0 bridgehead atoms. The van der Waals surface area contributed by atoms with Crippen molar-refractivity contribution in [3.05, 3.63) is 11.6 Å². The molecule has 0 amide bonds. The van der Waals surface area contributed by atoms with Crippen LogP contribution in [0.25, 0.3) is 0 Å². The van der Waals surface area contributed by atoms with E-state index in [0.29, 0.717) is 32.3 Å². The molecule has 9 heteroatoms. The second-order valence-electron chi connectivity index (χ2n) is 6.37. The first-order valence-electron chi connectivity index (χ1n) is 9.37. The minimum atomic E-state index is -3.25. The van der Waals surface area contributed by atoms with Crippen LogP contribution in [0.5, 0.6) is 0 Å². The minimum absolute atomic E-state index is 0. The fourth-order valence-electron chi connectivity index (χ4n) is 3.04. The number of aliphatic imine (C=N–C) groups is 1. The third-order valence-electron chi connectivity index (χ3n) is 4.45. The first-order valence-corrected chi connectivity index (χ1v) is 11.0. The van der Waals surface area contributed by atoms with Gasteiger partial charge in [0.25, 0.3) is 0 Å². The van der Waals surface area contributed by atoms with E-state index in [1.807, 2.05) is 6.92 Å². The summed E-state index contributed by atoms with van der Waals surface area (Å²) < 4.78 is 31.3. The smallest absolute Gasteiger partial charge is 0.216 e. The highest BCUT2D eigenvalue weighted by Crippen LogP contribution is 2.19. The summed E-state index contributed by atoms with van der Waals surface area (Å²) in [5, 5.41) is 6.48. The van der Waals surface area contributed by atoms with Gasteiger partial charge >= 0.3 is 0 Å². The van der Waals surface area contributed by atoms with Crippen LogP contribution in [0.2, 0.25) is 0 Å². The molecule has 2 rings (SSSR count). The standard InChI is InChI=1S/C17H32N4O3S.HI/c1-2-18-17(19-9-8-16-6-4-3-5-7-16)20-10-15-25(22,23)21-11-13-24-14-12-21;/h6H,2-5,7-15H2,1H3,(H2,18,19,20);1H. The van der Waals surface area contributed by atoms with E-state index in [2.05, 4.69) is 21.7 Å². The number of sulfonamides is 1. The lowest BCUT2D eigenvalue weighted by Gasteiger charge is -2.25. The van der Waals surface area contributed by atoms with Crippen LogP contribution in [-0.2, 0) is 14.8 Å². The highest BCUT2D eigenvalue weighted by atomic mass is 127. The summed E-state index contributed by atoms with van der Waals surface area (Å²) in [5.41, 5.74) is 1.52. The molecule has 0 saturated carbocycles. The number of ether oxygens (including phenoxy) is 1. The molecular weight excluding hydrogens is 467 g/mol. The summed E-state index contributed by atoms with van der Waals surface area (Å²) in [6.07, 6.45) is 8.37. The lowest BCUT2D eigenvalue weighted by molar-refractivity contribution is 0.0731. The van der Waals surface area contributed by atoms with Crippen molar-refractivity contribution >= 4 is 40.0 Å². The summed E-state index contributed by atoms with van der Waals surface area (Å²) in [6, 6.07) is 0. The van der Waals surface area contributed by atoms with E-state index in [0.717, 1.165) is 19.5 Å². The fraction of sp³-hybridized carbons (Fsp3) is 0.824. The summed E-state index contributed by atoms with van der Waals surface area (Å²) in [6.45, 7) is 5.69. The molecule has 1 fully saturated rings. The number of rotatable bonds is 8. The number of hydrogen-bond acceptors (Lipinski definition) is 4. The summed E-state index contributed by atoms with van der Waals surface area (Å²) in [5.74, 6) is 0.727. The van der Waals surface area contributed by atoms with Gasteiger partial charge in [-0.3, -0.25) is 4.99 Å². The molecule has 0 spiro atoms. The Bertz CT molecular complexity index is 560. The van der Waals surface area contributed by atoms with E-state index in [9.17, 15) is 8.42 Å². The maximum absolute atomic E-state index is 12.3. The number of halogens is 1. The van der Waals surface area contributed by atoms with E-state index in [4.69, 9.17) is 4.74 Å². The van der Waals surface area contributed by atoms with Crippen LogP contribution in [0, 0.1) is 0 Å². The molecule has 7 nitrogen and oxygen atoms in total. The van der Waals surface area contributed by atoms with Crippen molar-refractivity contribution in [3.8, 4) is 0 Å². The minimum Gasteiger partial charge on any atom is -0.379 e. The van der Waals surface area contributed by atoms with Crippen molar-refractivity contribution in [1.82, 2.24) is 14.9 Å². The van der Waals surface area contributed by atoms with Crippen molar-refractivity contribution in [2.24, 2.45) is 4.99 Å². The van der Waals surface area contributed by atoms with Gasteiger partial charge in [-0.1, -0.05) is 11.6 Å². The summed E-state index contributed by atoms with van der Waals surface area (Å²) in [7, 11) is -3.25. The van der Waals surface area contributed by atoms with Gasteiger partial charge in [-0.05, 0) is 39.0 Å². The zero-order valence-corrected chi connectivity index (χ0v) is 18.9. The molecule has 0 unspecified atom stereocenters. The summed E-state index contributed by atoms with van der Waals surface area (Å²) >= 11 is 0. The molecule has 2 N–H and O–H groups in total. The van der Waals surface area contributed by atoms with Crippen molar-refractivity contribution in [3.63, 3.8) is 0 Å². The number of morpholine rings is 1. The predicted octanol–water partition coefficient (Wildman–Crippen LogP) is 1.71. The second-order valence-corrected chi connectivity index (χ2v) is 8.46. The van der Waals surface area contributed by atoms with Crippen molar-refractivity contribution < 1.29 is 13.2 Å². The maximum Gasteiger partial charge on any atom is 0.216 e. The SMILES string of the molecule is CCNC(=NCCS(=O)(=O)N1CCOCC1)NCCC1=CCCCC1.I. The Balaban J connectivity index is 0.00000338. The van der Waals surface area contributed by atoms with Crippen LogP contribution in [0.15, 0.2) is 16.6 Å². The normalized spacial score (nSPS) is 19.4. The van der Waals surface area contributed by atoms with E-state index < -0.39 is 10.0 Å². The maximum atomic E-state index is 12.3. The fourth-order valence-corrected chi connectivity index (χ4v) is 4.33. The van der Waals surface area contributed by atoms with Crippen molar-refractivity contribution in [2.75, 3.05) is 51.7 Å². The zero-order chi connectivity index (χ0) is 18.0. The monoisotopic (exact) mass is 500 g/mol. The van der Waals surface area contributed by atoms with Gasteiger partial charge in [-0.15, -0.1) is 24.0 Å². The molecule has 1 aliphatic carbocycles. The highest BCUT2D eigenvalue weighted by Gasteiger charge is 2.23. The molecule has 1 heterocycles. The lowest BCUT2D eigenvalue weighted by Crippen LogP contribution is -2.42. The molecule has 0 aromatic heterocycles. The third-order valence-corrected chi connectivity index (χ3v) is 6.30. The number of allylic oxidation sites excluding steroid dienone is 1. The molecule has 152 valence electrons. The van der Waals surface area contributed by atoms with Crippen LogP contribution in [-0.4, -0.2) is 70.4 Å². The number of guanidine groups is 1. The lowest BCUT2D eigenvalue weighted by atomic mass is 9.97. The molecule has 1 aliphatic heterocycles. The van der Waals surface area contributed by atoms with Gasteiger partial charge < -0.3 is 15.4 Å². The first kappa shape index (κ1) is 23.6. The molecular formula is C17H33IN4O3S. The molecule has 0 radical (unpaired) electrons. The molecule has 2 aliphatic rings. The van der Waals surface area contributed by atoms with Crippen molar-refractivity contribution in [1.29, 1.82) is 0 Å². The largest absolute Gasteiger partial charge is 0.379 e. The van der Waals surface area contributed by atoms with Gasteiger partial charge in [0.15, 0.2) is 5.96 Å². The van der Waals surface area contributed by atoms with E-state index in [-0.39, 0.29) is 36.3 Å². The van der Waals surface area contributed by atoms with Gasteiger partial charge in [-0.2, -0.15) is 4.31 Å². The number of hydrogen-bond donors (Lipinski definition) is 2. The Kier molecular flexibility index (Phi) is 11.7. The van der Waals surface area contributed by atoms with Crippen molar-refractivity contribution in [2.45, 2.75) is 39.0 Å². The summed E-state index contributed by atoms with van der Waals surface area (Å²) in [4.78, 5) is 4.41. The van der Waals surface area contributed by atoms with Gasteiger partial charge in [0, 0.05) is 26.2 Å². The number of nitrogens with zero attached hydrogens (tertiary/aromatic N) is 2. The van der Waals surface area contributed by atoms with Gasteiger partial charge in [0.1, 0.15) is 0 Å².